The summed E-state index contributed by atoms with van der Waals surface area (Å²) in [6.07, 6.45) is 1.16. The largest absolute Gasteiger partial charge is 0.503 e. The molecule has 154 valence electrons. The highest BCUT2D eigenvalue weighted by molar-refractivity contribution is 5.99. The Balaban J connectivity index is 1.86. The van der Waals surface area contributed by atoms with Gasteiger partial charge in [-0.3, -0.25) is 14.4 Å². The van der Waals surface area contributed by atoms with Crippen LogP contribution in [0.15, 0.2) is 29.2 Å². The molecule has 0 saturated carbocycles. The van der Waals surface area contributed by atoms with Crippen molar-refractivity contribution in [1.82, 2.24) is 14.8 Å². The number of nitrogens with zero attached hydrogens (tertiary/aromatic N) is 2. The van der Waals surface area contributed by atoms with Gasteiger partial charge in [-0.05, 0) is 13.0 Å². The maximum Gasteiger partial charge on any atom is 0.274 e. The van der Waals surface area contributed by atoms with Crippen LogP contribution in [-0.4, -0.2) is 50.7 Å². The molecule has 0 aliphatic carbocycles. The zero-order chi connectivity index (χ0) is 21.3. The predicted molar refractivity (Wildman–Crippen MR) is 97.5 cm³/mol. The van der Waals surface area contributed by atoms with E-state index in [1.54, 1.807) is 6.92 Å². The van der Waals surface area contributed by atoms with Gasteiger partial charge in [0.15, 0.2) is 11.4 Å². The number of amides is 2. The van der Waals surface area contributed by atoms with E-state index < -0.39 is 46.2 Å². The summed E-state index contributed by atoms with van der Waals surface area (Å²) < 4.78 is 27.9. The summed E-state index contributed by atoms with van der Waals surface area (Å²) in [6, 6.07) is 2.37. The quantitative estimate of drug-likeness (QED) is 0.672. The number of hydrogen-bond acceptors (Lipinski definition) is 5. The Hall–Kier alpha value is -3.27. The summed E-state index contributed by atoms with van der Waals surface area (Å²) >= 11 is 0. The van der Waals surface area contributed by atoms with Crippen LogP contribution >= 0.6 is 0 Å². The number of fused-ring (bicyclic) bond motifs is 1. The fraction of sp³-hybridized carbons (Fsp3) is 0.316. The topological polar surface area (TPSA) is 112 Å². The van der Waals surface area contributed by atoms with Crippen LogP contribution in [0.25, 0.3) is 0 Å². The van der Waals surface area contributed by atoms with E-state index in [2.05, 4.69) is 5.32 Å². The molecule has 1 aliphatic heterocycles. The first-order chi connectivity index (χ1) is 13.7. The van der Waals surface area contributed by atoms with Crippen molar-refractivity contribution in [3.05, 3.63) is 63.1 Å². The van der Waals surface area contributed by atoms with E-state index >= 15 is 0 Å². The first kappa shape index (κ1) is 20.5. The van der Waals surface area contributed by atoms with E-state index in [4.69, 9.17) is 0 Å². The number of carbonyl (C=O) groups excluding carboxylic acids is 2. The van der Waals surface area contributed by atoms with Crippen LogP contribution in [0.1, 0.15) is 33.3 Å². The minimum absolute atomic E-state index is 0.0193. The van der Waals surface area contributed by atoms with Crippen molar-refractivity contribution < 1.29 is 28.6 Å². The number of aliphatic hydroxyl groups is 1. The second-order valence-electron chi connectivity index (χ2n) is 6.71. The average Bonchev–Trinajstić information content (AvgIpc) is 2.69. The molecule has 2 amide bonds. The Morgan fingerprint density at radius 2 is 2.00 bits per heavy atom. The summed E-state index contributed by atoms with van der Waals surface area (Å²) in [4.78, 5) is 38.7. The van der Waals surface area contributed by atoms with Gasteiger partial charge in [0.1, 0.15) is 17.2 Å². The number of benzene rings is 1. The molecular formula is C19H19F2N3O5. The lowest BCUT2D eigenvalue weighted by Gasteiger charge is -2.34. The molecule has 1 aromatic heterocycles. The molecule has 3 N–H and O–H groups in total. The summed E-state index contributed by atoms with van der Waals surface area (Å²) in [5.41, 5.74) is -1.70. The number of nitrogens with one attached hydrogen (secondary N) is 1. The van der Waals surface area contributed by atoms with Crippen molar-refractivity contribution in [3.63, 3.8) is 0 Å². The Morgan fingerprint density at radius 3 is 2.66 bits per heavy atom. The molecule has 0 spiro atoms. The SMILES string of the molecule is C[C@@H](CO)N1CCn2cc(C(=O)NCc3ccc(F)cc3F)c(=O)c(O)c2C1=O. The zero-order valence-corrected chi connectivity index (χ0v) is 15.5. The second kappa shape index (κ2) is 8.00. The number of hydrogen-bond donors (Lipinski definition) is 3. The van der Waals surface area contributed by atoms with Crippen LogP contribution in [0.4, 0.5) is 8.78 Å². The molecule has 2 aromatic rings. The summed E-state index contributed by atoms with van der Waals surface area (Å²) in [5, 5.41) is 21.9. The Morgan fingerprint density at radius 1 is 1.28 bits per heavy atom. The van der Waals surface area contributed by atoms with Gasteiger partial charge in [-0.1, -0.05) is 6.07 Å². The standard InChI is InChI=1S/C19H19F2N3O5/c1-10(9-25)24-5-4-23-8-13(16(26)17(27)15(23)19(24)29)18(28)22-7-11-2-3-12(20)6-14(11)21/h2-3,6,8,10,25,27H,4-5,7,9H2,1H3,(H,22,28)/t10-/m0/s1. The number of rotatable bonds is 5. The molecule has 1 atom stereocenters. The average molecular weight is 407 g/mol. The van der Waals surface area contributed by atoms with Gasteiger partial charge in [0.25, 0.3) is 11.8 Å². The number of pyridine rings is 1. The normalized spacial score (nSPS) is 14.5. The molecule has 0 radical (unpaired) electrons. The highest BCUT2D eigenvalue weighted by atomic mass is 19.1. The number of aromatic nitrogens is 1. The highest BCUT2D eigenvalue weighted by Gasteiger charge is 2.32. The lowest BCUT2D eigenvalue weighted by molar-refractivity contribution is 0.0547. The molecular weight excluding hydrogens is 388 g/mol. The van der Waals surface area contributed by atoms with E-state index in [1.807, 2.05) is 0 Å². The van der Waals surface area contributed by atoms with Crippen molar-refractivity contribution in [2.75, 3.05) is 13.2 Å². The molecule has 1 aromatic carbocycles. The van der Waals surface area contributed by atoms with Gasteiger partial charge in [0, 0.05) is 37.5 Å². The first-order valence-corrected chi connectivity index (χ1v) is 8.85. The van der Waals surface area contributed by atoms with Crippen molar-refractivity contribution in [2.45, 2.75) is 26.1 Å². The molecule has 2 heterocycles. The molecule has 10 heteroatoms. The monoisotopic (exact) mass is 407 g/mol. The van der Waals surface area contributed by atoms with Gasteiger partial charge in [0.05, 0.1) is 12.6 Å². The van der Waals surface area contributed by atoms with Gasteiger partial charge in [0.2, 0.25) is 5.43 Å². The summed E-state index contributed by atoms with van der Waals surface area (Å²) in [6.45, 7) is 1.47. The van der Waals surface area contributed by atoms with Crippen LogP contribution in [0.5, 0.6) is 5.75 Å². The third-order valence-corrected chi connectivity index (χ3v) is 4.80. The van der Waals surface area contributed by atoms with Crippen LogP contribution in [0.2, 0.25) is 0 Å². The molecule has 8 nitrogen and oxygen atoms in total. The Kier molecular flexibility index (Phi) is 5.64. The van der Waals surface area contributed by atoms with Gasteiger partial charge in [-0.15, -0.1) is 0 Å². The van der Waals surface area contributed by atoms with Gasteiger partial charge in [-0.25, -0.2) is 8.78 Å². The molecule has 0 fully saturated rings. The first-order valence-electron chi connectivity index (χ1n) is 8.85. The fourth-order valence-electron chi connectivity index (χ4n) is 3.12. The van der Waals surface area contributed by atoms with E-state index in [-0.39, 0.29) is 37.5 Å². The van der Waals surface area contributed by atoms with Crippen molar-refractivity contribution >= 4 is 11.8 Å². The van der Waals surface area contributed by atoms with E-state index in [0.717, 1.165) is 18.3 Å². The minimum atomic E-state index is -1.04. The maximum atomic E-state index is 13.7. The van der Waals surface area contributed by atoms with Gasteiger partial charge < -0.3 is 25.0 Å². The number of carbonyl (C=O) groups is 2. The van der Waals surface area contributed by atoms with E-state index in [0.29, 0.717) is 6.07 Å². The smallest absolute Gasteiger partial charge is 0.274 e. The molecule has 0 unspecified atom stereocenters. The molecule has 0 bridgehead atoms. The van der Waals surface area contributed by atoms with E-state index in [9.17, 15) is 33.4 Å². The predicted octanol–water partition coefficient (Wildman–Crippen LogP) is 0.599. The summed E-state index contributed by atoms with van der Waals surface area (Å²) in [7, 11) is 0. The van der Waals surface area contributed by atoms with Crippen LogP contribution in [0.3, 0.4) is 0 Å². The third kappa shape index (κ3) is 3.83. The van der Waals surface area contributed by atoms with Gasteiger partial charge in [-0.2, -0.15) is 0 Å². The number of halogens is 2. The number of aromatic hydroxyl groups is 1. The van der Waals surface area contributed by atoms with Crippen LogP contribution in [-0.2, 0) is 13.1 Å². The fourth-order valence-corrected chi connectivity index (χ4v) is 3.12. The van der Waals surface area contributed by atoms with E-state index in [1.165, 1.54) is 9.47 Å². The molecule has 29 heavy (non-hydrogen) atoms. The summed E-state index contributed by atoms with van der Waals surface area (Å²) in [5.74, 6) is -3.98. The van der Waals surface area contributed by atoms with Gasteiger partial charge >= 0.3 is 0 Å². The second-order valence-corrected chi connectivity index (χ2v) is 6.71. The maximum absolute atomic E-state index is 13.7. The third-order valence-electron chi connectivity index (χ3n) is 4.80. The lowest BCUT2D eigenvalue weighted by Crippen LogP contribution is -2.48. The van der Waals surface area contributed by atoms with Crippen LogP contribution in [0, 0.1) is 11.6 Å². The Bertz CT molecular complexity index is 1040. The molecule has 0 saturated heterocycles. The van der Waals surface area contributed by atoms with Crippen LogP contribution < -0.4 is 10.7 Å². The number of aliphatic hydroxyl groups excluding tert-OH is 1. The molecule has 1 aliphatic rings. The molecule has 3 rings (SSSR count). The zero-order valence-electron chi connectivity index (χ0n) is 15.5. The highest BCUT2D eigenvalue weighted by Crippen LogP contribution is 2.22. The Labute approximate surface area is 164 Å². The van der Waals surface area contributed by atoms with Crippen molar-refractivity contribution in [2.24, 2.45) is 0 Å². The minimum Gasteiger partial charge on any atom is -0.503 e. The van der Waals surface area contributed by atoms with Crippen molar-refractivity contribution in [1.29, 1.82) is 0 Å². The lowest BCUT2D eigenvalue weighted by atomic mass is 10.1. The van der Waals surface area contributed by atoms with Crippen molar-refractivity contribution in [3.8, 4) is 5.75 Å².